The van der Waals surface area contributed by atoms with E-state index in [0.717, 1.165) is 41.6 Å². The van der Waals surface area contributed by atoms with E-state index in [1.165, 1.54) is 6.92 Å². The number of ether oxygens (including phenoxy) is 1. The lowest BCUT2D eigenvalue weighted by Crippen LogP contribution is -2.38. The summed E-state index contributed by atoms with van der Waals surface area (Å²) < 4.78 is 5.88. The lowest BCUT2D eigenvalue weighted by Gasteiger charge is -2.32. The van der Waals surface area contributed by atoms with Gasteiger partial charge in [-0.05, 0) is 18.6 Å². The Kier molecular flexibility index (Phi) is 5.05. The summed E-state index contributed by atoms with van der Waals surface area (Å²) >= 11 is 1.66. The first-order valence-electron chi connectivity index (χ1n) is 7.73. The lowest BCUT2D eigenvalue weighted by atomic mass is 10.1. The van der Waals surface area contributed by atoms with Crippen LogP contribution in [0.4, 0.5) is 5.69 Å². The van der Waals surface area contributed by atoms with E-state index >= 15 is 0 Å². The summed E-state index contributed by atoms with van der Waals surface area (Å²) in [5.74, 6) is -0.0458. The second-order valence-corrected chi connectivity index (χ2v) is 6.65. The van der Waals surface area contributed by atoms with E-state index in [4.69, 9.17) is 4.74 Å². The molecule has 1 aliphatic rings. The van der Waals surface area contributed by atoms with E-state index in [2.05, 4.69) is 26.6 Å². The van der Waals surface area contributed by atoms with Crippen LogP contribution < -0.4 is 5.32 Å². The largest absolute Gasteiger partial charge is 0.368 e. The number of anilines is 1. The molecule has 23 heavy (non-hydrogen) atoms. The number of amides is 1. The monoisotopic (exact) mass is 331 g/mol. The SMILES string of the molecule is CC(=O)Nc1ccccc1CN1CCO[C@@H](c2nc(C)cs2)C1. The summed E-state index contributed by atoms with van der Waals surface area (Å²) in [7, 11) is 0. The molecule has 1 atom stereocenters. The average Bonchev–Trinajstić information content (AvgIpc) is 2.96. The number of thiazole rings is 1. The van der Waals surface area contributed by atoms with Crippen molar-refractivity contribution in [1.29, 1.82) is 0 Å². The standard InChI is InChI=1S/C17H21N3O2S/c1-12-11-23-17(18-12)16-10-20(7-8-22-16)9-14-5-3-4-6-15(14)19-13(2)21/h3-6,11,16H,7-10H2,1-2H3,(H,19,21)/t16-/m1/s1. The number of aromatic nitrogens is 1. The van der Waals surface area contributed by atoms with Gasteiger partial charge in [0.1, 0.15) is 11.1 Å². The zero-order valence-electron chi connectivity index (χ0n) is 13.4. The van der Waals surface area contributed by atoms with Crippen LogP contribution in [0.5, 0.6) is 0 Å². The van der Waals surface area contributed by atoms with Gasteiger partial charge in [0.2, 0.25) is 5.91 Å². The van der Waals surface area contributed by atoms with Gasteiger partial charge in [-0.25, -0.2) is 4.98 Å². The average molecular weight is 331 g/mol. The molecule has 1 amide bonds. The van der Waals surface area contributed by atoms with Crippen LogP contribution in [0.15, 0.2) is 29.6 Å². The number of hydrogen-bond acceptors (Lipinski definition) is 5. The Morgan fingerprint density at radius 1 is 1.48 bits per heavy atom. The summed E-state index contributed by atoms with van der Waals surface area (Å²) in [5.41, 5.74) is 3.05. The Hall–Kier alpha value is -1.76. The molecule has 122 valence electrons. The number of aryl methyl sites for hydroxylation is 1. The molecular formula is C17H21N3O2S. The molecule has 2 heterocycles. The number of nitrogens with zero attached hydrogens (tertiary/aromatic N) is 2. The van der Waals surface area contributed by atoms with Crippen molar-refractivity contribution >= 4 is 22.9 Å². The fourth-order valence-corrected chi connectivity index (χ4v) is 3.56. The van der Waals surface area contributed by atoms with Crippen LogP contribution >= 0.6 is 11.3 Å². The van der Waals surface area contributed by atoms with Crippen LogP contribution in [-0.4, -0.2) is 35.5 Å². The van der Waals surface area contributed by atoms with Gasteiger partial charge in [0, 0.05) is 43.3 Å². The zero-order chi connectivity index (χ0) is 16.2. The van der Waals surface area contributed by atoms with Crippen LogP contribution in [0, 0.1) is 6.92 Å². The van der Waals surface area contributed by atoms with E-state index in [1.807, 2.05) is 25.1 Å². The summed E-state index contributed by atoms with van der Waals surface area (Å²) in [4.78, 5) is 18.2. The Morgan fingerprint density at radius 3 is 3.04 bits per heavy atom. The molecule has 1 fully saturated rings. The molecule has 1 aromatic heterocycles. The normalized spacial score (nSPS) is 18.8. The molecule has 0 spiro atoms. The van der Waals surface area contributed by atoms with Crippen molar-refractivity contribution in [3.63, 3.8) is 0 Å². The minimum atomic E-state index is -0.0458. The number of hydrogen-bond donors (Lipinski definition) is 1. The predicted molar refractivity (Wildman–Crippen MR) is 91.6 cm³/mol. The van der Waals surface area contributed by atoms with Crippen molar-refractivity contribution in [2.24, 2.45) is 0 Å². The highest BCUT2D eigenvalue weighted by Gasteiger charge is 2.24. The Balaban J connectivity index is 1.69. The van der Waals surface area contributed by atoms with Crippen molar-refractivity contribution in [2.45, 2.75) is 26.5 Å². The highest BCUT2D eigenvalue weighted by Crippen LogP contribution is 2.27. The van der Waals surface area contributed by atoms with Crippen molar-refractivity contribution < 1.29 is 9.53 Å². The van der Waals surface area contributed by atoms with E-state index in [9.17, 15) is 4.79 Å². The Labute approximate surface area is 140 Å². The third-order valence-corrected chi connectivity index (χ3v) is 4.84. The molecule has 1 aromatic carbocycles. The van der Waals surface area contributed by atoms with Crippen molar-refractivity contribution in [2.75, 3.05) is 25.0 Å². The van der Waals surface area contributed by atoms with Crippen molar-refractivity contribution in [1.82, 2.24) is 9.88 Å². The van der Waals surface area contributed by atoms with Crippen molar-refractivity contribution in [3.8, 4) is 0 Å². The Bertz CT molecular complexity index is 686. The maximum Gasteiger partial charge on any atom is 0.221 e. The van der Waals surface area contributed by atoms with Gasteiger partial charge < -0.3 is 10.1 Å². The number of carbonyl (C=O) groups is 1. The summed E-state index contributed by atoms with van der Waals surface area (Å²) in [5, 5.41) is 6.01. The smallest absolute Gasteiger partial charge is 0.221 e. The van der Waals surface area contributed by atoms with Gasteiger partial charge in [0.15, 0.2) is 0 Å². The highest BCUT2D eigenvalue weighted by molar-refractivity contribution is 7.09. The molecular weight excluding hydrogens is 310 g/mol. The predicted octanol–water partition coefficient (Wildman–Crippen LogP) is 2.98. The summed E-state index contributed by atoms with van der Waals surface area (Å²) in [6.45, 7) is 6.74. The van der Waals surface area contributed by atoms with E-state index in [-0.39, 0.29) is 12.0 Å². The van der Waals surface area contributed by atoms with Crippen LogP contribution in [0.1, 0.15) is 29.3 Å². The molecule has 2 aromatic rings. The van der Waals surface area contributed by atoms with Gasteiger partial charge >= 0.3 is 0 Å². The number of para-hydroxylation sites is 1. The number of carbonyl (C=O) groups excluding carboxylic acids is 1. The molecule has 1 aliphatic heterocycles. The first-order valence-corrected chi connectivity index (χ1v) is 8.61. The van der Waals surface area contributed by atoms with Crippen LogP contribution in [0.3, 0.4) is 0 Å². The molecule has 1 saturated heterocycles. The van der Waals surface area contributed by atoms with E-state index in [1.54, 1.807) is 11.3 Å². The van der Waals surface area contributed by atoms with E-state index in [0.29, 0.717) is 6.61 Å². The first-order chi connectivity index (χ1) is 11.1. The zero-order valence-corrected chi connectivity index (χ0v) is 14.2. The van der Waals surface area contributed by atoms with Crippen LogP contribution in [0.25, 0.3) is 0 Å². The highest BCUT2D eigenvalue weighted by atomic mass is 32.1. The maximum absolute atomic E-state index is 11.3. The molecule has 3 rings (SSSR count). The summed E-state index contributed by atoms with van der Waals surface area (Å²) in [6.07, 6.45) is 0.0374. The second-order valence-electron chi connectivity index (χ2n) is 5.76. The minimum Gasteiger partial charge on any atom is -0.368 e. The molecule has 0 radical (unpaired) electrons. The second kappa shape index (κ2) is 7.21. The number of benzene rings is 1. The number of morpholine rings is 1. The Morgan fingerprint density at radius 2 is 2.30 bits per heavy atom. The van der Waals surface area contributed by atoms with Gasteiger partial charge in [0.25, 0.3) is 0 Å². The third-order valence-electron chi connectivity index (χ3n) is 3.78. The van der Waals surface area contributed by atoms with Gasteiger partial charge in [-0.3, -0.25) is 9.69 Å². The van der Waals surface area contributed by atoms with Gasteiger partial charge in [-0.1, -0.05) is 18.2 Å². The quantitative estimate of drug-likeness (QED) is 0.936. The molecule has 5 nitrogen and oxygen atoms in total. The third kappa shape index (κ3) is 4.16. The van der Waals surface area contributed by atoms with Crippen molar-refractivity contribution in [3.05, 3.63) is 45.9 Å². The summed E-state index contributed by atoms with van der Waals surface area (Å²) in [6, 6.07) is 7.94. The van der Waals surface area contributed by atoms with E-state index < -0.39 is 0 Å². The number of rotatable bonds is 4. The molecule has 0 saturated carbocycles. The molecule has 0 unspecified atom stereocenters. The molecule has 1 N–H and O–H groups in total. The topological polar surface area (TPSA) is 54.5 Å². The molecule has 6 heteroatoms. The van der Waals surface area contributed by atoms with Crippen LogP contribution in [-0.2, 0) is 16.1 Å². The fraction of sp³-hybridized carbons (Fsp3) is 0.412. The number of nitrogens with one attached hydrogen (secondary N) is 1. The molecule has 0 aliphatic carbocycles. The van der Waals surface area contributed by atoms with Gasteiger partial charge in [-0.2, -0.15) is 0 Å². The van der Waals surface area contributed by atoms with Gasteiger partial charge in [-0.15, -0.1) is 11.3 Å². The maximum atomic E-state index is 11.3. The molecule has 0 bridgehead atoms. The van der Waals surface area contributed by atoms with Gasteiger partial charge in [0.05, 0.1) is 6.61 Å². The fourth-order valence-electron chi connectivity index (χ4n) is 2.73. The van der Waals surface area contributed by atoms with Crippen LogP contribution in [0.2, 0.25) is 0 Å². The lowest BCUT2D eigenvalue weighted by molar-refractivity contribution is -0.114. The minimum absolute atomic E-state index is 0.0374. The first kappa shape index (κ1) is 16.1.